The van der Waals surface area contributed by atoms with Gasteiger partial charge in [-0.15, -0.1) is 0 Å². The lowest BCUT2D eigenvalue weighted by molar-refractivity contribution is 0.0949. The number of amides is 1. The number of hydrogen-bond acceptors (Lipinski definition) is 4. The molecule has 0 atom stereocenters. The molecule has 0 bridgehead atoms. The molecule has 0 aliphatic carbocycles. The lowest BCUT2D eigenvalue weighted by Crippen LogP contribution is -2.34. The topological polar surface area (TPSA) is 59.4 Å². The van der Waals surface area contributed by atoms with Crippen molar-refractivity contribution in [1.82, 2.24) is 20.0 Å². The van der Waals surface area contributed by atoms with Crippen LogP contribution in [0.15, 0.2) is 60.8 Å². The number of likely N-dealkylation sites (N-methyl/N-ethyl adjacent to an activating group) is 1. The number of hydrogen-bond donors (Lipinski definition) is 1. The summed E-state index contributed by atoms with van der Waals surface area (Å²) < 4.78 is 7.18. The number of rotatable bonds is 10. The lowest BCUT2D eigenvalue weighted by atomic mass is 10.1. The summed E-state index contributed by atoms with van der Waals surface area (Å²) in [5, 5.41) is 7.79. The minimum Gasteiger partial charge on any atom is -0.497 e. The van der Waals surface area contributed by atoms with Gasteiger partial charge in [-0.05, 0) is 30.8 Å². The zero-order valence-electron chi connectivity index (χ0n) is 18.0. The Morgan fingerprint density at radius 2 is 1.87 bits per heavy atom. The van der Waals surface area contributed by atoms with Gasteiger partial charge in [-0.25, -0.2) is 0 Å². The van der Waals surface area contributed by atoms with Gasteiger partial charge < -0.3 is 15.0 Å². The fourth-order valence-corrected chi connectivity index (χ4v) is 3.39. The highest BCUT2D eigenvalue weighted by Gasteiger charge is 2.18. The lowest BCUT2D eigenvalue weighted by Gasteiger charge is -2.17. The van der Waals surface area contributed by atoms with E-state index < -0.39 is 0 Å². The Labute approximate surface area is 178 Å². The van der Waals surface area contributed by atoms with Crippen molar-refractivity contribution in [3.63, 3.8) is 0 Å². The predicted octanol–water partition coefficient (Wildman–Crippen LogP) is 3.68. The molecule has 0 fully saturated rings. The summed E-state index contributed by atoms with van der Waals surface area (Å²) in [6, 6.07) is 17.7. The van der Waals surface area contributed by atoms with Crippen LogP contribution in [0.2, 0.25) is 0 Å². The molecule has 1 amide bonds. The summed E-state index contributed by atoms with van der Waals surface area (Å²) in [5.41, 5.74) is 3.21. The third-order valence-corrected chi connectivity index (χ3v) is 5.14. The van der Waals surface area contributed by atoms with Gasteiger partial charge in [-0.2, -0.15) is 5.10 Å². The molecule has 0 unspecified atom stereocenters. The molecule has 30 heavy (non-hydrogen) atoms. The summed E-state index contributed by atoms with van der Waals surface area (Å²) in [5.74, 6) is 0.622. The molecule has 158 valence electrons. The van der Waals surface area contributed by atoms with E-state index in [0.717, 1.165) is 36.5 Å². The maximum Gasteiger partial charge on any atom is 0.255 e. The van der Waals surface area contributed by atoms with E-state index in [-0.39, 0.29) is 5.91 Å². The molecular formula is C24H30N4O2. The first kappa shape index (κ1) is 21.6. The highest BCUT2D eigenvalue weighted by atomic mass is 16.5. The van der Waals surface area contributed by atoms with E-state index in [1.807, 2.05) is 53.3 Å². The predicted molar refractivity (Wildman–Crippen MR) is 120 cm³/mol. The largest absolute Gasteiger partial charge is 0.497 e. The Balaban J connectivity index is 1.86. The summed E-state index contributed by atoms with van der Waals surface area (Å²) >= 11 is 0. The van der Waals surface area contributed by atoms with E-state index in [9.17, 15) is 4.79 Å². The summed E-state index contributed by atoms with van der Waals surface area (Å²) in [6.45, 7) is 8.21. The maximum atomic E-state index is 13.0. The summed E-state index contributed by atoms with van der Waals surface area (Å²) in [6.07, 6.45) is 1.83. The van der Waals surface area contributed by atoms with Crippen molar-refractivity contribution in [3.8, 4) is 17.0 Å². The maximum absolute atomic E-state index is 13.0. The molecule has 0 aliphatic heterocycles. The molecule has 1 heterocycles. The molecule has 6 nitrogen and oxygen atoms in total. The number of aromatic nitrogens is 2. The number of benzene rings is 2. The number of nitrogens with zero attached hydrogens (tertiary/aromatic N) is 3. The molecule has 1 aromatic heterocycles. The zero-order valence-corrected chi connectivity index (χ0v) is 18.0. The quantitative estimate of drug-likeness (QED) is 0.558. The van der Waals surface area contributed by atoms with E-state index in [1.165, 1.54) is 0 Å². The number of carbonyl (C=O) groups is 1. The Kier molecular flexibility index (Phi) is 7.63. The fourth-order valence-electron chi connectivity index (χ4n) is 3.39. The molecule has 0 aliphatic rings. The first-order chi connectivity index (χ1) is 14.6. The Bertz CT molecular complexity index is 949. The molecule has 6 heteroatoms. The monoisotopic (exact) mass is 406 g/mol. The van der Waals surface area contributed by atoms with Crippen molar-refractivity contribution in [3.05, 3.63) is 71.9 Å². The smallest absolute Gasteiger partial charge is 0.255 e. The van der Waals surface area contributed by atoms with Crippen molar-refractivity contribution in [2.24, 2.45) is 0 Å². The van der Waals surface area contributed by atoms with Crippen molar-refractivity contribution >= 4 is 5.91 Å². The van der Waals surface area contributed by atoms with Crippen molar-refractivity contribution in [1.29, 1.82) is 0 Å². The van der Waals surface area contributed by atoms with Crippen LogP contribution in [0.3, 0.4) is 0 Å². The third kappa shape index (κ3) is 5.48. The van der Waals surface area contributed by atoms with Gasteiger partial charge in [0.1, 0.15) is 11.4 Å². The second kappa shape index (κ2) is 10.6. The van der Waals surface area contributed by atoms with E-state index in [4.69, 9.17) is 9.84 Å². The third-order valence-electron chi connectivity index (χ3n) is 5.14. The van der Waals surface area contributed by atoms with Crippen LogP contribution in [0, 0.1) is 0 Å². The molecule has 0 saturated heterocycles. The minimum absolute atomic E-state index is 0.112. The Hall–Kier alpha value is -3.12. The van der Waals surface area contributed by atoms with Gasteiger partial charge in [0.15, 0.2) is 0 Å². The van der Waals surface area contributed by atoms with Crippen LogP contribution in [0.4, 0.5) is 0 Å². The van der Waals surface area contributed by atoms with Crippen LogP contribution in [-0.4, -0.2) is 53.9 Å². The van der Waals surface area contributed by atoms with Crippen LogP contribution >= 0.6 is 0 Å². The summed E-state index contributed by atoms with van der Waals surface area (Å²) in [4.78, 5) is 15.3. The normalized spacial score (nSPS) is 10.9. The van der Waals surface area contributed by atoms with Crippen LogP contribution < -0.4 is 10.1 Å². The molecule has 3 aromatic rings. The molecular weight excluding hydrogens is 376 g/mol. The average molecular weight is 407 g/mol. The average Bonchev–Trinajstić information content (AvgIpc) is 3.21. The van der Waals surface area contributed by atoms with E-state index in [2.05, 4.69) is 36.2 Å². The standard InChI is InChI=1S/C24H30N4O2/c1-4-27(5-2)15-14-25-24(29)22-18-28(17-19-10-7-6-8-11-19)26-23(22)20-12-9-13-21(16-20)30-3/h6-13,16,18H,4-5,14-15,17H2,1-3H3,(H,25,29). The van der Waals surface area contributed by atoms with E-state index >= 15 is 0 Å². The number of nitrogens with one attached hydrogen (secondary N) is 1. The first-order valence-corrected chi connectivity index (χ1v) is 10.4. The second-order valence-corrected chi connectivity index (χ2v) is 7.09. The van der Waals surface area contributed by atoms with Crippen LogP contribution in [0.1, 0.15) is 29.8 Å². The molecule has 0 spiro atoms. The van der Waals surface area contributed by atoms with E-state index in [1.54, 1.807) is 7.11 Å². The van der Waals surface area contributed by atoms with Crippen molar-refractivity contribution < 1.29 is 9.53 Å². The highest BCUT2D eigenvalue weighted by Crippen LogP contribution is 2.26. The minimum atomic E-state index is -0.112. The fraction of sp³-hybridized carbons (Fsp3) is 0.333. The zero-order chi connectivity index (χ0) is 21.3. The SMILES string of the molecule is CCN(CC)CCNC(=O)c1cn(Cc2ccccc2)nc1-c1cccc(OC)c1. The molecule has 3 rings (SSSR count). The van der Waals surface area contributed by atoms with Gasteiger partial charge in [0.05, 0.1) is 19.2 Å². The van der Waals surface area contributed by atoms with Gasteiger partial charge in [-0.3, -0.25) is 9.48 Å². The van der Waals surface area contributed by atoms with Gasteiger partial charge in [0.25, 0.3) is 5.91 Å². The van der Waals surface area contributed by atoms with E-state index in [0.29, 0.717) is 24.3 Å². The van der Waals surface area contributed by atoms with Crippen LogP contribution in [0.25, 0.3) is 11.3 Å². The Morgan fingerprint density at radius 3 is 2.57 bits per heavy atom. The van der Waals surface area contributed by atoms with Crippen LogP contribution in [-0.2, 0) is 6.54 Å². The molecule has 0 radical (unpaired) electrons. The van der Waals surface area contributed by atoms with Crippen molar-refractivity contribution in [2.45, 2.75) is 20.4 Å². The Morgan fingerprint density at radius 1 is 1.10 bits per heavy atom. The van der Waals surface area contributed by atoms with Gasteiger partial charge in [0.2, 0.25) is 0 Å². The van der Waals surface area contributed by atoms with Gasteiger partial charge in [-0.1, -0.05) is 56.3 Å². The second-order valence-electron chi connectivity index (χ2n) is 7.09. The summed E-state index contributed by atoms with van der Waals surface area (Å²) in [7, 11) is 1.63. The molecule has 2 aromatic carbocycles. The highest BCUT2D eigenvalue weighted by molar-refractivity contribution is 5.99. The van der Waals surface area contributed by atoms with Crippen molar-refractivity contribution in [2.75, 3.05) is 33.3 Å². The number of carbonyl (C=O) groups excluding carboxylic acids is 1. The number of methoxy groups -OCH3 is 1. The molecule has 0 saturated carbocycles. The van der Waals surface area contributed by atoms with Gasteiger partial charge >= 0.3 is 0 Å². The van der Waals surface area contributed by atoms with Crippen LogP contribution in [0.5, 0.6) is 5.75 Å². The van der Waals surface area contributed by atoms with Gasteiger partial charge in [0, 0.05) is 24.8 Å². The molecule has 1 N–H and O–H groups in total. The number of ether oxygens (including phenoxy) is 1. The first-order valence-electron chi connectivity index (χ1n) is 10.4.